The van der Waals surface area contributed by atoms with Crippen LogP contribution in [-0.4, -0.2) is 52.2 Å². The molecule has 7 nitrogen and oxygen atoms in total. The van der Waals surface area contributed by atoms with Crippen LogP contribution < -0.4 is 9.62 Å². The molecule has 2 aromatic carbocycles. The van der Waals surface area contributed by atoms with Crippen molar-refractivity contribution in [2.24, 2.45) is 0 Å². The molecule has 160 valence electrons. The molecule has 0 aromatic heterocycles. The number of amides is 1. The van der Waals surface area contributed by atoms with Gasteiger partial charge in [-0.15, -0.1) is 0 Å². The zero-order chi connectivity index (χ0) is 21.1. The van der Waals surface area contributed by atoms with E-state index < -0.39 is 16.1 Å². The Bertz CT molecular complexity index is 990. The number of cyclic esters (lactones) is 1. The van der Waals surface area contributed by atoms with Gasteiger partial charge in [-0.1, -0.05) is 19.1 Å². The highest BCUT2D eigenvalue weighted by molar-refractivity contribution is 7.92. The Morgan fingerprint density at radius 3 is 2.43 bits per heavy atom. The molecule has 1 amide bonds. The first-order valence-corrected chi connectivity index (χ1v) is 11.8. The largest absolute Gasteiger partial charge is 0.447 e. The van der Waals surface area contributed by atoms with Gasteiger partial charge < -0.3 is 9.64 Å². The normalized spacial score (nSPS) is 19.8. The number of nitrogens with zero attached hydrogens (tertiary/aromatic N) is 2. The molecule has 8 heteroatoms. The van der Waals surface area contributed by atoms with Crippen molar-refractivity contribution in [1.29, 1.82) is 0 Å². The Hall–Kier alpha value is -2.58. The minimum Gasteiger partial charge on any atom is -0.447 e. The predicted molar refractivity (Wildman–Crippen MR) is 116 cm³/mol. The third-order valence-electron chi connectivity index (χ3n) is 5.67. The van der Waals surface area contributed by atoms with Gasteiger partial charge in [-0.05, 0) is 73.8 Å². The standard InChI is InChI=1S/C22H27N3O4S/c1-2-12-24-13-11-18(16-24)17-3-5-19(6-4-17)23-30(27,28)21-9-7-20(8-10-21)25-14-15-29-22(25)26/h3-10,18,23H,2,11-16H2,1H3/t18-/m1/s1. The molecule has 0 radical (unpaired) electrons. The Kier molecular flexibility index (Phi) is 5.97. The fourth-order valence-corrected chi connectivity index (χ4v) is 5.15. The average molecular weight is 430 g/mol. The Balaban J connectivity index is 1.41. The maximum Gasteiger partial charge on any atom is 0.414 e. The second-order valence-electron chi connectivity index (χ2n) is 7.77. The van der Waals surface area contributed by atoms with Crippen molar-refractivity contribution in [2.45, 2.75) is 30.6 Å². The number of sulfonamides is 1. The van der Waals surface area contributed by atoms with Crippen molar-refractivity contribution >= 4 is 27.5 Å². The van der Waals surface area contributed by atoms with E-state index in [1.54, 1.807) is 12.1 Å². The van der Waals surface area contributed by atoms with Crippen LogP contribution in [0.15, 0.2) is 53.4 Å². The van der Waals surface area contributed by atoms with Gasteiger partial charge in [0, 0.05) is 17.9 Å². The van der Waals surface area contributed by atoms with Gasteiger partial charge in [0.15, 0.2) is 0 Å². The van der Waals surface area contributed by atoms with E-state index >= 15 is 0 Å². The van der Waals surface area contributed by atoms with E-state index in [1.165, 1.54) is 22.6 Å². The molecule has 2 fully saturated rings. The minimum atomic E-state index is -3.71. The van der Waals surface area contributed by atoms with Crippen LogP contribution in [0.4, 0.5) is 16.2 Å². The summed E-state index contributed by atoms with van der Waals surface area (Å²) in [6.07, 6.45) is 1.89. The number of hydrogen-bond donors (Lipinski definition) is 1. The van der Waals surface area contributed by atoms with Gasteiger partial charge in [0.1, 0.15) is 6.61 Å². The molecule has 0 spiro atoms. The summed E-state index contributed by atoms with van der Waals surface area (Å²) < 4.78 is 33.0. The predicted octanol–water partition coefficient (Wildman–Crippen LogP) is 3.64. The van der Waals surface area contributed by atoms with E-state index in [0.717, 1.165) is 32.5 Å². The number of nitrogens with one attached hydrogen (secondary N) is 1. The number of rotatable bonds is 7. The number of likely N-dealkylation sites (tertiary alicyclic amines) is 1. The van der Waals surface area contributed by atoms with Gasteiger partial charge >= 0.3 is 6.09 Å². The van der Waals surface area contributed by atoms with Crippen molar-refractivity contribution < 1.29 is 17.9 Å². The van der Waals surface area contributed by atoms with E-state index in [9.17, 15) is 13.2 Å². The summed E-state index contributed by atoms with van der Waals surface area (Å²) >= 11 is 0. The molecule has 2 saturated heterocycles. The van der Waals surface area contributed by atoms with Crippen molar-refractivity contribution in [2.75, 3.05) is 42.4 Å². The van der Waals surface area contributed by atoms with E-state index in [0.29, 0.717) is 30.4 Å². The highest BCUT2D eigenvalue weighted by atomic mass is 32.2. The van der Waals surface area contributed by atoms with Crippen molar-refractivity contribution in [3.05, 3.63) is 54.1 Å². The summed E-state index contributed by atoms with van der Waals surface area (Å²) in [7, 11) is -3.71. The molecule has 0 bridgehead atoms. The Labute approximate surface area is 177 Å². The lowest BCUT2D eigenvalue weighted by atomic mass is 9.98. The Morgan fingerprint density at radius 2 is 1.80 bits per heavy atom. The van der Waals surface area contributed by atoms with Crippen molar-refractivity contribution in [1.82, 2.24) is 4.90 Å². The van der Waals surface area contributed by atoms with Gasteiger partial charge in [-0.2, -0.15) is 0 Å². The van der Waals surface area contributed by atoms with Crippen LogP contribution in [0, 0.1) is 0 Å². The van der Waals surface area contributed by atoms with Gasteiger partial charge in [-0.25, -0.2) is 13.2 Å². The highest BCUT2D eigenvalue weighted by Gasteiger charge is 2.25. The fraction of sp³-hybridized carbons (Fsp3) is 0.409. The van der Waals surface area contributed by atoms with E-state index in [1.807, 2.05) is 24.3 Å². The molecule has 4 rings (SSSR count). The van der Waals surface area contributed by atoms with Crippen LogP contribution in [0.25, 0.3) is 0 Å². The second kappa shape index (κ2) is 8.65. The molecule has 2 heterocycles. The van der Waals surface area contributed by atoms with Crippen LogP contribution in [-0.2, 0) is 14.8 Å². The van der Waals surface area contributed by atoms with E-state index in [2.05, 4.69) is 16.5 Å². The number of carbonyl (C=O) groups excluding carboxylic acids is 1. The van der Waals surface area contributed by atoms with Gasteiger partial charge in [0.2, 0.25) is 0 Å². The van der Waals surface area contributed by atoms with Crippen LogP contribution in [0.1, 0.15) is 31.2 Å². The fourth-order valence-electron chi connectivity index (χ4n) is 4.09. The summed E-state index contributed by atoms with van der Waals surface area (Å²) in [5.41, 5.74) is 2.40. The molecule has 0 aliphatic carbocycles. The molecular formula is C22H27N3O4S. The van der Waals surface area contributed by atoms with Gasteiger partial charge in [-0.3, -0.25) is 9.62 Å². The Morgan fingerprint density at radius 1 is 1.07 bits per heavy atom. The lowest BCUT2D eigenvalue weighted by molar-refractivity contribution is 0.181. The number of benzene rings is 2. The number of hydrogen-bond acceptors (Lipinski definition) is 5. The molecule has 0 saturated carbocycles. The van der Waals surface area contributed by atoms with E-state index in [4.69, 9.17) is 4.74 Å². The maximum absolute atomic E-state index is 12.7. The van der Waals surface area contributed by atoms with Gasteiger partial charge in [0.05, 0.1) is 11.4 Å². The lowest BCUT2D eigenvalue weighted by Gasteiger charge is -2.15. The van der Waals surface area contributed by atoms with Crippen LogP contribution >= 0.6 is 0 Å². The molecule has 30 heavy (non-hydrogen) atoms. The molecule has 1 N–H and O–H groups in total. The maximum atomic E-state index is 12.7. The van der Waals surface area contributed by atoms with E-state index in [-0.39, 0.29) is 4.90 Å². The number of carbonyl (C=O) groups is 1. The minimum absolute atomic E-state index is 0.147. The topological polar surface area (TPSA) is 79.0 Å². The van der Waals surface area contributed by atoms with Crippen LogP contribution in [0.2, 0.25) is 0 Å². The number of ether oxygens (including phenoxy) is 1. The number of anilines is 2. The smallest absolute Gasteiger partial charge is 0.414 e. The van der Waals surface area contributed by atoms with Crippen molar-refractivity contribution in [3.63, 3.8) is 0 Å². The third-order valence-corrected chi connectivity index (χ3v) is 7.06. The summed E-state index contributed by atoms with van der Waals surface area (Å²) in [6.45, 7) is 6.32. The zero-order valence-corrected chi connectivity index (χ0v) is 17.9. The zero-order valence-electron chi connectivity index (χ0n) is 17.1. The molecular weight excluding hydrogens is 402 g/mol. The summed E-state index contributed by atoms with van der Waals surface area (Å²) in [5, 5.41) is 0. The summed E-state index contributed by atoms with van der Waals surface area (Å²) in [6, 6.07) is 13.9. The third kappa shape index (κ3) is 4.44. The van der Waals surface area contributed by atoms with Crippen molar-refractivity contribution in [3.8, 4) is 0 Å². The summed E-state index contributed by atoms with van der Waals surface area (Å²) in [4.78, 5) is 15.7. The van der Waals surface area contributed by atoms with Gasteiger partial charge in [0.25, 0.3) is 10.0 Å². The SMILES string of the molecule is CCCN1CC[C@@H](c2ccc(NS(=O)(=O)c3ccc(N4CCOC4=O)cc3)cc2)C1. The molecule has 1 atom stereocenters. The first-order valence-electron chi connectivity index (χ1n) is 10.4. The molecule has 0 unspecified atom stereocenters. The van der Waals surface area contributed by atoms with Crippen LogP contribution in [0.5, 0.6) is 0 Å². The highest BCUT2D eigenvalue weighted by Crippen LogP contribution is 2.29. The lowest BCUT2D eigenvalue weighted by Crippen LogP contribution is -2.23. The first-order chi connectivity index (χ1) is 14.5. The quantitative estimate of drug-likeness (QED) is 0.727. The molecule has 2 aromatic rings. The first kappa shape index (κ1) is 20.7. The summed E-state index contributed by atoms with van der Waals surface area (Å²) in [5.74, 6) is 0.507. The average Bonchev–Trinajstić information content (AvgIpc) is 3.38. The second-order valence-corrected chi connectivity index (χ2v) is 9.46. The van der Waals surface area contributed by atoms with Crippen LogP contribution in [0.3, 0.4) is 0 Å². The monoisotopic (exact) mass is 429 g/mol. The molecule has 2 aliphatic rings. The molecule has 2 aliphatic heterocycles.